The Morgan fingerprint density at radius 3 is 2.21 bits per heavy atom. The van der Waals surface area contributed by atoms with Gasteiger partial charge in [-0.2, -0.15) is 0 Å². The van der Waals surface area contributed by atoms with E-state index < -0.39 is 0 Å². The van der Waals surface area contributed by atoms with E-state index in [9.17, 15) is 0 Å². The first-order valence-electron chi connectivity index (χ1n) is 7.81. The highest BCUT2D eigenvalue weighted by Gasteiger charge is 2.31. The summed E-state index contributed by atoms with van der Waals surface area (Å²) >= 11 is 0. The molecule has 0 aromatic heterocycles. The van der Waals surface area contributed by atoms with Gasteiger partial charge in [0.15, 0.2) is 0 Å². The van der Waals surface area contributed by atoms with Crippen molar-refractivity contribution in [2.45, 2.75) is 59.5 Å². The number of hydrogen-bond acceptors (Lipinski definition) is 3. The first-order chi connectivity index (χ1) is 8.84. The van der Waals surface area contributed by atoms with Gasteiger partial charge in [-0.3, -0.25) is 4.90 Å². The molecule has 1 unspecified atom stereocenters. The molecule has 3 heteroatoms. The van der Waals surface area contributed by atoms with Crippen molar-refractivity contribution in [1.82, 2.24) is 10.2 Å². The Labute approximate surface area is 120 Å². The van der Waals surface area contributed by atoms with Crippen LogP contribution in [-0.4, -0.2) is 50.3 Å². The fourth-order valence-corrected chi connectivity index (χ4v) is 2.99. The topological polar surface area (TPSA) is 24.5 Å². The van der Waals surface area contributed by atoms with E-state index >= 15 is 0 Å². The summed E-state index contributed by atoms with van der Waals surface area (Å²) in [6.07, 6.45) is 2.65. The fourth-order valence-electron chi connectivity index (χ4n) is 2.99. The van der Waals surface area contributed by atoms with E-state index in [2.05, 4.69) is 44.8 Å². The van der Waals surface area contributed by atoms with E-state index in [1.807, 2.05) is 7.11 Å². The zero-order valence-corrected chi connectivity index (χ0v) is 13.8. The average Bonchev–Trinajstić information content (AvgIpc) is 2.33. The van der Waals surface area contributed by atoms with Gasteiger partial charge >= 0.3 is 0 Å². The van der Waals surface area contributed by atoms with Crippen molar-refractivity contribution in [2.75, 3.05) is 33.4 Å². The first-order valence-corrected chi connectivity index (χ1v) is 7.81. The summed E-state index contributed by atoms with van der Waals surface area (Å²) in [5, 5.41) is 3.55. The zero-order chi connectivity index (χ0) is 14.5. The lowest BCUT2D eigenvalue weighted by Gasteiger charge is -2.42. The molecule has 0 amide bonds. The molecule has 0 bridgehead atoms. The van der Waals surface area contributed by atoms with Crippen LogP contribution in [-0.2, 0) is 4.74 Å². The van der Waals surface area contributed by atoms with Crippen LogP contribution in [0, 0.1) is 11.3 Å². The van der Waals surface area contributed by atoms with Gasteiger partial charge in [-0.15, -0.1) is 0 Å². The molecule has 1 atom stereocenters. The normalized spacial score (nSPS) is 21.0. The highest BCUT2D eigenvalue weighted by Crippen LogP contribution is 2.34. The summed E-state index contributed by atoms with van der Waals surface area (Å²) in [6, 6.07) is 1.07. The van der Waals surface area contributed by atoms with E-state index in [-0.39, 0.29) is 0 Å². The van der Waals surface area contributed by atoms with Crippen molar-refractivity contribution in [3.05, 3.63) is 0 Å². The molecule has 0 aliphatic carbocycles. The lowest BCUT2D eigenvalue weighted by molar-refractivity contribution is 0.0429. The Kier molecular flexibility index (Phi) is 6.78. The lowest BCUT2D eigenvalue weighted by Crippen LogP contribution is -2.50. The molecule has 1 saturated heterocycles. The summed E-state index contributed by atoms with van der Waals surface area (Å²) in [5.74, 6) is 0.866. The summed E-state index contributed by atoms with van der Waals surface area (Å²) in [4.78, 5) is 2.61. The molecule has 0 aromatic carbocycles. The van der Waals surface area contributed by atoms with Gasteiger partial charge in [0.05, 0.1) is 6.61 Å². The maximum Gasteiger partial charge on any atom is 0.0630 e. The highest BCUT2D eigenvalue weighted by molar-refractivity contribution is 4.84. The standard InChI is InChI=1S/C16H34N2O/c1-13(2)17-11-15(12-19-6)18-9-7-14(8-10-18)16(3,4)5/h13-15,17H,7-12H2,1-6H3. The Hall–Kier alpha value is -0.120. The SMILES string of the molecule is COCC(CNC(C)C)N1CCC(C(C)(C)C)CC1. The van der Waals surface area contributed by atoms with Crippen LogP contribution in [0.3, 0.4) is 0 Å². The minimum atomic E-state index is 0.457. The summed E-state index contributed by atoms with van der Waals surface area (Å²) < 4.78 is 5.40. The Morgan fingerprint density at radius 2 is 1.79 bits per heavy atom. The molecule has 1 N–H and O–H groups in total. The monoisotopic (exact) mass is 270 g/mol. The molecule has 0 aromatic rings. The van der Waals surface area contributed by atoms with Crippen molar-refractivity contribution >= 4 is 0 Å². The lowest BCUT2D eigenvalue weighted by atomic mass is 9.75. The van der Waals surface area contributed by atoms with E-state index in [1.54, 1.807) is 0 Å². The van der Waals surface area contributed by atoms with Crippen LogP contribution in [0.1, 0.15) is 47.5 Å². The second-order valence-electron chi connectivity index (χ2n) is 7.35. The van der Waals surface area contributed by atoms with Gasteiger partial charge in [0, 0.05) is 25.7 Å². The van der Waals surface area contributed by atoms with Gasteiger partial charge in [0.25, 0.3) is 0 Å². The maximum atomic E-state index is 5.40. The molecule has 19 heavy (non-hydrogen) atoms. The van der Waals surface area contributed by atoms with E-state index in [4.69, 9.17) is 4.74 Å². The Bertz CT molecular complexity index is 240. The Morgan fingerprint density at radius 1 is 1.21 bits per heavy atom. The predicted octanol–water partition coefficient (Wildman–Crippen LogP) is 2.76. The number of likely N-dealkylation sites (tertiary alicyclic amines) is 1. The molecule has 1 aliphatic heterocycles. The number of nitrogens with one attached hydrogen (secondary N) is 1. The number of hydrogen-bond donors (Lipinski definition) is 1. The first kappa shape index (κ1) is 16.9. The van der Waals surface area contributed by atoms with Crippen LogP contribution in [0.2, 0.25) is 0 Å². The van der Waals surface area contributed by atoms with E-state index in [0.29, 0.717) is 17.5 Å². The second-order valence-corrected chi connectivity index (χ2v) is 7.35. The quantitative estimate of drug-likeness (QED) is 0.803. The van der Waals surface area contributed by atoms with Crippen LogP contribution < -0.4 is 5.32 Å². The molecule has 1 fully saturated rings. The van der Waals surface area contributed by atoms with Crippen molar-refractivity contribution in [2.24, 2.45) is 11.3 Å². The van der Waals surface area contributed by atoms with Crippen LogP contribution in [0.15, 0.2) is 0 Å². The maximum absolute atomic E-state index is 5.40. The molecule has 1 heterocycles. The van der Waals surface area contributed by atoms with Gasteiger partial charge in [-0.25, -0.2) is 0 Å². The van der Waals surface area contributed by atoms with Gasteiger partial charge in [-0.1, -0.05) is 34.6 Å². The predicted molar refractivity (Wildman–Crippen MR) is 82.6 cm³/mol. The summed E-state index contributed by atoms with van der Waals surface area (Å²) in [5.41, 5.74) is 0.457. The highest BCUT2D eigenvalue weighted by atomic mass is 16.5. The van der Waals surface area contributed by atoms with Gasteiger partial charge in [-0.05, 0) is 37.3 Å². The molecule has 0 spiro atoms. The second kappa shape index (κ2) is 7.61. The van der Waals surface area contributed by atoms with Crippen molar-refractivity contribution in [3.63, 3.8) is 0 Å². The Balaban J connectivity index is 2.45. The number of nitrogens with zero attached hydrogens (tertiary/aromatic N) is 1. The molecule has 3 nitrogen and oxygen atoms in total. The van der Waals surface area contributed by atoms with Gasteiger partial charge < -0.3 is 10.1 Å². The van der Waals surface area contributed by atoms with Crippen molar-refractivity contribution in [3.8, 4) is 0 Å². The molecule has 0 radical (unpaired) electrons. The van der Waals surface area contributed by atoms with Crippen LogP contribution in [0.5, 0.6) is 0 Å². The zero-order valence-electron chi connectivity index (χ0n) is 13.8. The van der Waals surface area contributed by atoms with Gasteiger partial charge in [0.2, 0.25) is 0 Å². The molecular formula is C16H34N2O. The average molecular weight is 270 g/mol. The van der Waals surface area contributed by atoms with E-state index in [1.165, 1.54) is 25.9 Å². The fraction of sp³-hybridized carbons (Fsp3) is 1.00. The number of rotatable bonds is 6. The minimum Gasteiger partial charge on any atom is -0.383 e. The van der Waals surface area contributed by atoms with Crippen molar-refractivity contribution in [1.29, 1.82) is 0 Å². The third-order valence-electron chi connectivity index (χ3n) is 4.39. The molecular weight excluding hydrogens is 236 g/mol. The van der Waals surface area contributed by atoms with E-state index in [0.717, 1.165) is 19.1 Å². The van der Waals surface area contributed by atoms with Gasteiger partial charge in [0.1, 0.15) is 0 Å². The molecule has 1 rings (SSSR count). The number of ether oxygens (including phenoxy) is 1. The summed E-state index contributed by atoms with van der Waals surface area (Å²) in [7, 11) is 1.81. The van der Waals surface area contributed by atoms with Crippen molar-refractivity contribution < 1.29 is 4.74 Å². The van der Waals surface area contributed by atoms with Crippen LogP contribution >= 0.6 is 0 Å². The minimum absolute atomic E-state index is 0.457. The summed E-state index contributed by atoms with van der Waals surface area (Å²) in [6.45, 7) is 15.8. The van der Waals surface area contributed by atoms with Crippen LogP contribution in [0.25, 0.3) is 0 Å². The third-order valence-corrected chi connectivity index (χ3v) is 4.39. The van der Waals surface area contributed by atoms with Crippen LogP contribution in [0.4, 0.5) is 0 Å². The largest absolute Gasteiger partial charge is 0.383 e. The number of piperidine rings is 1. The molecule has 0 saturated carbocycles. The molecule has 1 aliphatic rings. The smallest absolute Gasteiger partial charge is 0.0630 e. The third kappa shape index (κ3) is 5.80. The number of methoxy groups -OCH3 is 1. The molecule has 114 valence electrons.